The summed E-state index contributed by atoms with van der Waals surface area (Å²) in [6, 6.07) is -0.560. The average Bonchev–Trinajstić information content (AvgIpc) is 3.87. The monoisotopic (exact) mass is 754 g/mol. The van der Waals surface area contributed by atoms with Gasteiger partial charge in [-0.2, -0.15) is 5.70 Å². The van der Waals surface area contributed by atoms with Gasteiger partial charge in [0, 0.05) is 12.3 Å². The molecular weight excluding hydrogens is 701 g/mol. The molecule has 288 valence electrons. The maximum absolute atomic E-state index is 13.5. The van der Waals surface area contributed by atoms with E-state index in [4.69, 9.17) is 36.5 Å². The third-order valence-electron chi connectivity index (χ3n) is 11.9. The van der Waals surface area contributed by atoms with Gasteiger partial charge in [-0.3, -0.25) is 9.59 Å². The van der Waals surface area contributed by atoms with Crippen molar-refractivity contribution in [3.8, 4) is 12.3 Å². The molecule has 9 nitrogen and oxygen atoms in total. The molecule has 2 aromatic heterocycles. The van der Waals surface area contributed by atoms with Gasteiger partial charge in [0.2, 0.25) is 0 Å². The third-order valence-corrected chi connectivity index (χ3v) is 11.9. The fraction of sp³-hybridized carbons (Fsp3) is 0.511. The smallest absolute Gasteiger partial charge is 0.681 e. The minimum Gasteiger partial charge on any atom is -0.681 e. The summed E-state index contributed by atoms with van der Waals surface area (Å²) in [6.45, 7) is 17.0. The zero-order valence-electron chi connectivity index (χ0n) is 34.0. The normalized spacial score (nSPS) is 26.5. The number of aliphatic hydroxyl groups is 1. The van der Waals surface area contributed by atoms with Crippen LogP contribution in [-0.4, -0.2) is 59.9 Å². The minimum atomic E-state index is -1.16. The van der Waals surface area contributed by atoms with Crippen molar-refractivity contribution in [2.45, 2.75) is 106 Å². The van der Waals surface area contributed by atoms with Crippen LogP contribution in [0.15, 0.2) is 40.4 Å². The SMILES string of the molecule is C#C[C@@H]1C(C)=C2/C=C3\[N-]C(C4=c5[n-]/c(c(C)c5[C@@H](O)[C@@H]4C(=O)OC)=C\c4[n-]c(c(C)c4CC)/C=C/1[N-]2)[C@@H](CCC(=O)OC/C=C(\C)CCCC(C)C)[C@@H]3C.[Mg+2]. The average molecular weight is 755 g/mol. The summed E-state index contributed by atoms with van der Waals surface area (Å²) < 4.78 is 11.0. The summed E-state index contributed by atoms with van der Waals surface area (Å²) in [5.41, 5.74) is 10.2. The molecule has 0 saturated carbocycles. The van der Waals surface area contributed by atoms with Crippen LogP contribution in [0, 0.1) is 55.8 Å². The Labute approximate surface area is 342 Å². The summed E-state index contributed by atoms with van der Waals surface area (Å²) in [6.07, 6.45) is 17.6. The molecule has 1 aliphatic carbocycles. The standard InChI is InChI=1S/C45H54N4O5.Mg/c1-11-29-25(6)32-20-34-27(8)31(16-17-38(50)54-19-18-24(5)15-13-14-23(3)4)42(48-34)40-41(45(52)53-10)44(51)39-28(9)35(49-43(39)40)22-37-30(12-2)26(7)33(47-37)21-36(29)46-32;/h1,18,20-23,27,29,31,41-42,44,51H,12-17,19H2,2-10H3;/q-4;+2/b24-18+,34-20-,35-22-,36-21-;/t27-,29+,31-,41+,42?,44+;/m0./s1. The zero-order chi connectivity index (χ0) is 39.0. The summed E-state index contributed by atoms with van der Waals surface area (Å²) in [7, 11) is 1.33. The molecule has 55 heavy (non-hydrogen) atoms. The van der Waals surface area contributed by atoms with Gasteiger partial charge < -0.3 is 35.2 Å². The number of nitrogens with zero attached hydrogens (tertiary/aromatic N) is 4. The zero-order valence-corrected chi connectivity index (χ0v) is 35.4. The third kappa shape index (κ3) is 8.17. The molecule has 3 aliphatic heterocycles. The van der Waals surface area contributed by atoms with Gasteiger partial charge in [0.15, 0.2) is 0 Å². The maximum atomic E-state index is 13.5. The summed E-state index contributed by atoms with van der Waals surface area (Å²) in [5.74, 6) is 1.12. The van der Waals surface area contributed by atoms with Crippen LogP contribution in [0.1, 0.15) is 113 Å². The first kappa shape index (κ1) is 42.2. The van der Waals surface area contributed by atoms with Crippen LogP contribution in [-0.2, 0) is 25.5 Å². The molecule has 0 radical (unpaired) electrons. The first-order valence-electron chi connectivity index (χ1n) is 19.4. The van der Waals surface area contributed by atoms with E-state index in [0.29, 0.717) is 34.2 Å². The molecule has 1 saturated heterocycles. The molecule has 0 amide bonds. The number of hydrogen-bond donors (Lipinski definition) is 1. The molecule has 1 fully saturated rings. The van der Waals surface area contributed by atoms with E-state index in [9.17, 15) is 14.7 Å². The number of allylic oxidation sites excluding steroid dienone is 4. The van der Waals surface area contributed by atoms with E-state index in [1.54, 1.807) is 0 Å². The van der Waals surface area contributed by atoms with Gasteiger partial charge in [0.1, 0.15) is 12.5 Å². The van der Waals surface area contributed by atoms with Crippen molar-refractivity contribution in [2.24, 2.45) is 29.6 Å². The van der Waals surface area contributed by atoms with Gasteiger partial charge in [-0.05, 0) is 82.8 Å². The Kier molecular flexibility index (Phi) is 13.4. The van der Waals surface area contributed by atoms with Gasteiger partial charge in [0.05, 0.1) is 13.2 Å². The van der Waals surface area contributed by atoms with Gasteiger partial charge in [-0.1, -0.05) is 97.7 Å². The van der Waals surface area contributed by atoms with E-state index in [-0.39, 0.29) is 59.8 Å². The Hall–Kier alpha value is -3.91. The largest absolute Gasteiger partial charge is 2.00 e. The number of rotatable bonds is 11. The molecule has 6 atom stereocenters. The number of esters is 2. The van der Waals surface area contributed by atoms with Gasteiger partial charge in [-0.25, -0.2) is 0 Å². The number of ether oxygens (including phenoxy) is 2. The van der Waals surface area contributed by atoms with Crippen molar-refractivity contribution < 1.29 is 24.2 Å². The van der Waals surface area contributed by atoms with Crippen molar-refractivity contribution in [1.82, 2.24) is 9.97 Å². The number of methoxy groups -OCH3 is 1. The van der Waals surface area contributed by atoms with E-state index in [0.717, 1.165) is 70.0 Å². The molecule has 1 unspecified atom stereocenters. The van der Waals surface area contributed by atoms with Crippen molar-refractivity contribution in [3.05, 3.63) is 95.4 Å². The first-order valence-corrected chi connectivity index (χ1v) is 19.4. The van der Waals surface area contributed by atoms with Crippen molar-refractivity contribution in [3.63, 3.8) is 0 Å². The summed E-state index contributed by atoms with van der Waals surface area (Å²) >= 11 is 0. The van der Waals surface area contributed by atoms with Crippen LogP contribution in [0.2, 0.25) is 0 Å². The fourth-order valence-corrected chi connectivity index (χ4v) is 8.64. The van der Waals surface area contributed by atoms with Gasteiger partial charge >= 0.3 is 35.0 Å². The van der Waals surface area contributed by atoms with Crippen molar-refractivity contribution >= 4 is 52.7 Å². The van der Waals surface area contributed by atoms with E-state index < -0.39 is 24.0 Å². The van der Waals surface area contributed by atoms with Crippen molar-refractivity contribution in [1.29, 1.82) is 0 Å². The number of aliphatic hydroxyl groups excluding tert-OH is 1. The van der Waals surface area contributed by atoms with Crippen LogP contribution in [0.5, 0.6) is 0 Å². The van der Waals surface area contributed by atoms with Crippen LogP contribution < -0.4 is 20.7 Å². The van der Waals surface area contributed by atoms with Crippen LogP contribution in [0.25, 0.3) is 28.4 Å². The second-order valence-corrected chi connectivity index (χ2v) is 15.8. The quantitative estimate of drug-likeness (QED) is 0.121. The Morgan fingerprint density at radius 2 is 1.80 bits per heavy atom. The fourth-order valence-electron chi connectivity index (χ4n) is 8.64. The summed E-state index contributed by atoms with van der Waals surface area (Å²) in [4.78, 5) is 36.9. The number of fused-ring (bicyclic) bond motifs is 8. The Bertz CT molecular complexity index is 2120. The molecule has 4 aliphatic rings. The molecule has 1 N–H and O–H groups in total. The van der Waals surface area contributed by atoms with E-state index >= 15 is 0 Å². The second-order valence-electron chi connectivity index (χ2n) is 15.8. The number of carbonyl (C=O) groups is 2. The molecule has 10 heteroatoms. The maximum Gasteiger partial charge on any atom is 2.00 e. The topological polar surface area (TPSA) is 129 Å². The predicted octanol–water partition coefficient (Wildman–Crippen LogP) is 6.47. The first-order chi connectivity index (χ1) is 25.8. The summed E-state index contributed by atoms with van der Waals surface area (Å²) in [5, 5.41) is 23.5. The number of aromatic nitrogens is 2. The van der Waals surface area contributed by atoms with Gasteiger partial charge in [-0.15, -0.1) is 39.9 Å². The Balaban J connectivity index is 0.00000580. The second kappa shape index (κ2) is 17.5. The van der Waals surface area contributed by atoms with Crippen LogP contribution >= 0.6 is 0 Å². The molecule has 0 aromatic carbocycles. The van der Waals surface area contributed by atoms with E-state index in [1.165, 1.54) is 19.1 Å². The molecule has 6 rings (SSSR count). The number of carbonyl (C=O) groups excluding carboxylic acids is 2. The minimum absolute atomic E-state index is 0. The molecule has 8 bridgehead atoms. The van der Waals surface area contributed by atoms with Crippen LogP contribution in [0.3, 0.4) is 0 Å². The molecule has 0 spiro atoms. The molecule has 5 heterocycles. The van der Waals surface area contributed by atoms with Gasteiger partial charge in [0.25, 0.3) is 0 Å². The Morgan fingerprint density at radius 1 is 1.05 bits per heavy atom. The van der Waals surface area contributed by atoms with Crippen LogP contribution in [0.4, 0.5) is 0 Å². The van der Waals surface area contributed by atoms with E-state index in [1.807, 2.05) is 38.2 Å². The number of terminal acetylenes is 1. The molecular formula is C45H54MgN4O5-2. The molecule has 2 aromatic rings. The number of hydrogen-bond acceptors (Lipinski definition) is 5. The van der Waals surface area contributed by atoms with Crippen molar-refractivity contribution in [2.75, 3.05) is 13.7 Å². The van der Waals surface area contributed by atoms with E-state index in [2.05, 4.69) is 47.5 Å². The Morgan fingerprint density at radius 3 is 2.47 bits per heavy atom. The predicted molar refractivity (Wildman–Crippen MR) is 218 cm³/mol.